The molecule has 5 heteroatoms. The maximum absolute atomic E-state index is 5.75. The van der Waals surface area contributed by atoms with Gasteiger partial charge in [-0.1, -0.05) is 30.8 Å². The van der Waals surface area contributed by atoms with E-state index >= 15 is 0 Å². The Balaban J connectivity index is 1.83. The van der Waals surface area contributed by atoms with E-state index in [0.29, 0.717) is 22.9 Å². The van der Waals surface area contributed by atoms with Gasteiger partial charge >= 0.3 is 0 Å². The Hall–Kier alpha value is -3.08. The van der Waals surface area contributed by atoms with E-state index < -0.39 is 6.10 Å². The summed E-state index contributed by atoms with van der Waals surface area (Å²) in [5.41, 5.74) is 2.88. The fourth-order valence-corrected chi connectivity index (χ4v) is 2.32. The van der Waals surface area contributed by atoms with Crippen molar-refractivity contribution in [1.82, 2.24) is 9.97 Å². The lowest BCUT2D eigenvalue weighted by molar-refractivity contribution is 0.130. The molecule has 2 heterocycles. The fraction of sp³-hybridized carbons (Fsp3) is 0.0588. The molecule has 0 N–H and O–H groups in total. The molecule has 0 radical (unpaired) electrons. The number of benzene rings is 2. The largest absolute Gasteiger partial charge is 0.479 e. The summed E-state index contributed by atoms with van der Waals surface area (Å²) in [7, 11) is 0. The van der Waals surface area contributed by atoms with Gasteiger partial charge in [0.1, 0.15) is 11.0 Å². The van der Waals surface area contributed by atoms with Crippen LogP contribution in [-0.2, 0) is 4.74 Å². The zero-order chi connectivity index (χ0) is 14.9. The van der Waals surface area contributed by atoms with Gasteiger partial charge in [0.05, 0.1) is 6.26 Å². The average molecular weight is 292 g/mol. The summed E-state index contributed by atoms with van der Waals surface area (Å²) in [5, 5.41) is 0. The molecule has 0 saturated heterocycles. The maximum Gasteiger partial charge on any atom is 0.248 e. The van der Waals surface area contributed by atoms with Crippen LogP contribution in [0.4, 0.5) is 0 Å². The monoisotopic (exact) mass is 292 g/mol. The lowest BCUT2D eigenvalue weighted by Gasteiger charge is -2.08. The van der Waals surface area contributed by atoms with Gasteiger partial charge in [0.2, 0.25) is 17.9 Å². The van der Waals surface area contributed by atoms with Gasteiger partial charge in [-0.15, -0.1) is 0 Å². The molecule has 22 heavy (non-hydrogen) atoms. The Morgan fingerprint density at radius 2 is 1.36 bits per heavy atom. The van der Waals surface area contributed by atoms with Crippen molar-refractivity contribution in [3.8, 4) is 0 Å². The predicted octanol–water partition coefficient (Wildman–Crippen LogP) is 4.22. The molecular formula is C17H12N2O3. The van der Waals surface area contributed by atoms with Crippen molar-refractivity contribution in [2.75, 3.05) is 0 Å². The minimum atomic E-state index is -0.669. The van der Waals surface area contributed by atoms with Crippen molar-refractivity contribution in [2.24, 2.45) is 0 Å². The van der Waals surface area contributed by atoms with Crippen LogP contribution in [0.25, 0.3) is 22.2 Å². The molecule has 0 aliphatic carbocycles. The van der Waals surface area contributed by atoms with Gasteiger partial charge in [-0.05, 0) is 24.3 Å². The number of hydrogen-bond acceptors (Lipinski definition) is 5. The number of aromatic nitrogens is 2. The van der Waals surface area contributed by atoms with Crippen LogP contribution < -0.4 is 0 Å². The van der Waals surface area contributed by atoms with Crippen LogP contribution in [0.5, 0.6) is 0 Å². The van der Waals surface area contributed by atoms with E-state index in [0.717, 1.165) is 11.0 Å². The zero-order valence-electron chi connectivity index (χ0n) is 11.6. The molecular weight excluding hydrogens is 280 g/mol. The molecule has 5 nitrogen and oxygen atoms in total. The van der Waals surface area contributed by atoms with E-state index in [-0.39, 0.29) is 0 Å². The maximum atomic E-state index is 5.75. The van der Waals surface area contributed by atoms with Crippen LogP contribution in [-0.4, -0.2) is 9.97 Å². The van der Waals surface area contributed by atoms with E-state index in [1.165, 1.54) is 6.26 Å². The van der Waals surface area contributed by atoms with Crippen molar-refractivity contribution < 1.29 is 13.6 Å². The first kappa shape index (κ1) is 12.6. The third-order valence-electron chi connectivity index (χ3n) is 3.30. The zero-order valence-corrected chi connectivity index (χ0v) is 11.6. The standard InChI is InChI=1S/C17H12N2O3/c1-2-20-15(16-18-11-7-3-5-9-13(11)21-16)17-19-12-8-4-6-10-14(12)22-17/h2-10,15H,1H2. The Labute approximate surface area is 125 Å². The normalized spacial score (nSPS) is 11.3. The first-order valence-electron chi connectivity index (χ1n) is 6.82. The molecule has 0 spiro atoms. The van der Waals surface area contributed by atoms with E-state index in [1.807, 2.05) is 48.5 Å². The highest BCUT2D eigenvalue weighted by Gasteiger charge is 2.26. The molecule has 4 aromatic rings. The summed E-state index contributed by atoms with van der Waals surface area (Å²) in [6.45, 7) is 3.60. The molecule has 0 fully saturated rings. The number of hydrogen-bond donors (Lipinski definition) is 0. The third-order valence-corrected chi connectivity index (χ3v) is 3.30. The predicted molar refractivity (Wildman–Crippen MR) is 81.1 cm³/mol. The third kappa shape index (κ3) is 2.03. The second-order valence-electron chi connectivity index (χ2n) is 4.72. The Bertz CT molecular complexity index is 815. The topological polar surface area (TPSA) is 61.3 Å². The highest BCUT2D eigenvalue weighted by molar-refractivity contribution is 5.73. The van der Waals surface area contributed by atoms with Gasteiger partial charge in [0, 0.05) is 0 Å². The quantitative estimate of drug-likeness (QED) is 0.527. The van der Waals surface area contributed by atoms with E-state index in [9.17, 15) is 0 Å². The molecule has 0 unspecified atom stereocenters. The summed E-state index contributed by atoms with van der Waals surface area (Å²) in [6.07, 6.45) is 0.659. The minimum Gasteiger partial charge on any atom is -0.479 e. The highest BCUT2D eigenvalue weighted by atomic mass is 16.5. The Morgan fingerprint density at radius 3 is 1.82 bits per heavy atom. The van der Waals surface area contributed by atoms with Gasteiger partial charge in [0.15, 0.2) is 11.2 Å². The van der Waals surface area contributed by atoms with Crippen LogP contribution in [0.3, 0.4) is 0 Å². The van der Waals surface area contributed by atoms with Crippen LogP contribution in [0.1, 0.15) is 17.9 Å². The Morgan fingerprint density at radius 1 is 0.864 bits per heavy atom. The second-order valence-corrected chi connectivity index (χ2v) is 4.72. The summed E-state index contributed by atoms with van der Waals surface area (Å²) >= 11 is 0. The molecule has 0 aliphatic heterocycles. The number of oxazole rings is 2. The number of para-hydroxylation sites is 4. The first-order valence-corrected chi connectivity index (χ1v) is 6.82. The molecule has 0 bridgehead atoms. The number of fused-ring (bicyclic) bond motifs is 2. The highest BCUT2D eigenvalue weighted by Crippen LogP contribution is 2.30. The lowest BCUT2D eigenvalue weighted by Crippen LogP contribution is -2.03. The van der Waals surface area contributed by atoms with E-state index in [2.05, 4.69) is 16.5 Å². The molecule has 4 rings (SSSR count). The smallest absolute Gasteiger partial charge is 0.248 e. The van der Waals surface area contributed by atoms with E-state index in [4.69, 9.17) is 13.6 Å². The van der Waals surface area contributed by atoms with Crippen LogP contribution in [0.15, 0.2) is 70.2 Å². The molecule has 0 saturated carbocycles. The number of ether oxygens (including phenoxy) is 1. The molecule has 0 aliphatic rings. The van der Waals surface area contributed by atoms with Crippen LogP contribution in [0.2, 0.25) is 0 Å². The average Bonchev–Trinajstić information content (AvgIpc) is 3.15. The van der Waals surface area contributed by atoms with Crippen LogP contribution in [0, 0.1) is 0 Å². The van der Waals surface area contributed by atoms with Crippen molar-refractivity contribution in [3.63, 3.8) is 0 Å². The second kappa shape index (κ2) is 5.04. The number of nitrogens with zero attached hydrogens (tertiary/aromatic N) is 2. The van der Waals surface area contributed by atoms with Crippen molar-refractivity contribution in [2.45, 2.75) is 6.10 Å². The summed E-state index contributed by atoms with van der Waals surface area (Å²) in [4.78, 5) is 8.88. The Kier molecular flexibility index (Phi) is 2.89. The molecule has 108 valence electrons. The summed E-state index contributed by atoms with van der Waals surface area (Å²) in [6, 6.07) is 15.0. The van der Waals surface area contributed by atoms with Gasteiger partial charge < -0.3 is 13.6 Å². The summed E-state index contributed by atoms with van der Waals surface area (Å²) in [5.74, 6) is 0.764. The van der Waals surface area contributed by atoms with Gasteiger partial charge in [-0.25, -0.2) is 9.97 Å². The fourth-order valence-electron chi connectivity index (χ4n) is 2.32. The van der Waals surface area contributed by atoms with Crippen molar-refractivity contribution >= 4 is 22.2 Å². The lowest BCUT2D eigenvalue weighted by atomic mass is 10.3. The van der Waals surface area contributed by atoms with Gasteiger partial charge in [-0.3, -0.25) is 0 Å². The van der Waals surface area contributed by atoms with Crippen molar-refractivity contribution in [1.29, 1.82) is 0 Å². The SMILES string of the molecule is C=COC(c1nc2ccccc2o1)c1nc2ccccc2o1. The molecule has 2 aromatic heterocycles. The molecule has 0 atom stereocenters. The molecule has 2 aromatic carbocycles. The first-order chi connectivity index (χ1) is 10.8. The van der Waals surface area contributed by atoms with Crippen LogP contribution >= 0.6 is 0 Å². The van der Waals surface area contributed by atoms with Gasteiger partial charge in [0.25, 0.3) is 0 Å². The molecule has 0 amide bonds. The van der Waals surface area contributed by atoms with Crippen molar-refractivity contribution in [3.05, 3.63) is 73.2 Å². The number of rotatable bonds is 4. The summed E-state index contributed by atoms with van der Waals surface area (Å²) < 4.78 is 17.0. The van der Waals surface area contributed by atoms with E-state index in [1.54, 1.807) is 0 Å². The minimum absolute atomic E-state index is 0.382. The van der Waals surface area contributed by atoms with Gasteiger partial charge in [-0.2, -0.15) is 0 Å².